The van der Waals surface area contributed by atoms with E-state index in [4.69, 9.17) is 0 Å². The molecule has 0 aliphatic rings. The molecule has 2 heteroatoms. The summed E-state index contributed by atoms with van der Waals surface area (Å²) in [6.45, 7) is 16.5. The van der Waals surface area contributed by atoms with Gasteiger partial charge in [0.1, 0.15) is 0 Å². The Labute approximate surface area is 78.4 Å². The first-order valence-corrected chi connectivity index (χ1v) is 10.3. The summed E-state index contributed by atoms with van der Waals surface area (Å²) in [5.74, 6) is 0. The molecular formula is C10H18Si2. The summed E-state index contributed by atoms with van der Waals surface area (Å²) in [6, 6.07) is 0. The molecule has 0 spiro atoms. The average Bonchev–Trinajstić information content (AvgIpc) is 2.02. The lowest BCUT2D eigenvalue weighted by Crippen LogP contribution is -2.25. The van der Waals surface area contributed by atoms with Gasteiger partial charge >= 0.3 is 0 Å². The molecule has 0 atom stereocenters. The Kier molecular flexibility index (Phi) is 3.75. The third kappa shape index (κ3) is 4.37. The highest BCUT2D eigenvalue weighted by Gasteiger charge is 2.15. The van der Waals surface area contributed by atoms with E-state index in [0.717, 1.165) is 0 Å². The normalized spacial score (nSPS) is 11.3. The molecular weight excluding hydrogens is 176 g/mol. The van der Waals surface area contributed by atoms with Crippen molar-refractivity contribution in [2.24, 2.45) is 0 Å². The highest BCUT2D eigenvalue weighted by molar-refractivity contribution is 6.94. The zero-order valence-corrected chi connectivity index (χ0v) is 10.6. The van der Waals surface area contributed by atoms with E-state index < -0.39 is 16.1 Å². The predicted octanol–water partition coefficient (Wildman–Crippen LogP) is 2.94. The standard InChI is InChI=1S/C10H18Si2/c1-7-11(3,4)9-10-12(5,6)8-2/h7-8H,1-2H2,3-6H3. The Balaban J connectivity index is 4.60. The van der Waals surface area contributed by atoms with E-state index in [1.807, 2.05) is 11.4 Å². The second kappa shape index (κ2) is 3.93. The van der Waals surface area contributed by atoms with Gasteiger partial charge in [-0.2, -0.15) is 0 Å². The minimum Gasteiger partial charge on any atom is -0.133 e. The lowest BCUT2D eigenvalue weighted by atomic mass is 11.2. The van der Waals surface area contributed by atoms with E-state index in [1.165, 1.54) is 0 Å². The highest BCUT2D eigenvalue weighted by atomic mass is 28.3. The summed E-state index contributed by atoms with van der Waals surface area (Å²) < 4.78 is 0. The predicted molar refractivity (Wildman–Crippen MR) is 63.1 cm³/mol. The molecule has 0 aliphatic carbocycles. The van der Waals surface area contributed by atoms with Crippen molar-refractivity contribution in [2.45, 2.75) is 26.2 Å². The first kappa shape index (κ1) is 11.5. The fourth-order valence-corrected chi connectivity index (χ4v) is 3.21. The van der Waals surface area contributed by atoms with Gasteiger partial charge in [0.05, 0.1) is 0 Å². The average molecular weight is 194 g/mol. The maximum atomic E-state index is 3.81. The molecule has 0 rings (SSSR count). The summed E-state index contributed by atoms with van der Waals surface area (Å²) in [6.07, 6.45) is 0. The Morgan fingerprint density at radius 2 is 1.08 bits per heavy atom. The number of rotatable bonds is 2. The van der Waals surface area contributed by atoms with Crippen LogP contribution in [0.2, 0.25) is 26.2 Å². The molecule has 0 nitrogen and oxygen atoms in total. The van der Waals surface area contributed by atoms with Gasteiger partial charge < -0.3 is 0 Å². The third-order valence-corrected chi connectivity index (χ3v) is 5.56. The number of hydrogen-bond donors (Lipinski definition) is 0. The van der Waals surface area contributed by atoms with Crippen molar-refractivity contribution < 1.29 is 0 Å². The molecule has 0 saturated heterocycles. The summed E-state index contributed by atoms with van der Waals surface area (Å²) >= 11 is 0. The van der Waals surface area contributed by atoms with Gasteiger partial charge in [0.15, 0.2) is 16.1 Å². The Morgan fingerprint density at radius 1 is 0.833 bits per heavy atom. The van der Waals surface area contributed by atoms with Crippen molar-refractivity contribution in [2.75, 3.05) is 0 Å². The first-order valence-electron chi connectivity index (χ1n) is 4.14. The van der Waals surface area contributed by atoms with Gasteiger partial charge in [-0.15, -0.1) is 24.2 Å². The highest BCUT2D eigenvalue weighted by Crippen LogP contribution is 2.04. The van der Waals surface area contributed by atoms with Crippen LogP contribution in [0.25, 0.3) is 0 Å². The van der Waals surface area contributed by atoms with Gasteiger partial charge in [-0.25, -0.2) is 0 Å². The molecule has 12 heavy (non-hydrogen) atoms. The van der Waals surface area contributed by atoms with Crippen LogP contribution in [-0.2, 0) is 0 Å². The van der Waals surface area contributed by atoms with Crippen LogP contribution >= 0.6 is 0 Å². The van der Waals surface area contributed by atoms with Crippen LogP contribution in [0.3, 0.4) is 0 Å². The molecule has 0 aromatic rings. The lowest BCUT2D eigenvalue weighted by molar-refractivity contribution is 1.87. The van der Waals surface area contributed by atoms with Crippen molar-refractivity contribution in [3.63, 3.8) is 0 Å². The first-order chi connectivity index (χ1) is 5.33. The topological polar surface area (TPSA) is 0 Å². The molecule has 0 aliphatic heterocycles. The van der Waals surface area contributed by atoms with Crippen LogP contribution in [0.4, 0.5) is 0 Å². The van der Waals surface area contributed by atoms with Crippen LogP contribution in [-0.4, -0.2) is 16.1 Å². The van der Waals surface area contributed by atoms with E-state index >= 15 is 0 Å². The van der Waals surface area contributed by atoms with Crippen LogP contribution in [0.1, 0.15) is 0 Å². The van der Waals surface area contributed by atoms with Gasteiger partial charge in [0.25, 0.3) is 0 Å². The van der Waals surface area contributed by atoms with Crippen molar-refractivity contribution >= 4 is 16.1 Å². The van der Waals surface area contributed by atoms with E-state index in [2.05, 4.69) is 50.4 Å². The van der Waals surface area contributed by atoms with Gasteiger partial charge in [0.2, 0.25) is 0 Å². The fraction of sp³-hybridized carbons (Fsp3) is 0.400. The minimum atomic E-state index is -1.41. The quantitative estimate of drug-likeness (QED) is 0.468. The van der Waals surface area contributed by atoms with Gasteiger partial charge in [-0.05, 0) is 0 Å². The zero-order chi connectivity index (χ0) is 9.83. The van der Waals surface area contributed by atoms with Crippen molar-refractivity contribution in [3.8, 4) is 11.1 Å². The van der Waals surface area contributed by atoms with E-state index in [1.54, 1.807) is 0 Å². The summed E-state index contributed by atoms with van der Waals surface area (Å²) in [5.41, 5.74) is 10.8. The summed E-state index contributed by atoms with van der Waals surface area (Å²) in [4.78, 5) is 0. The van der Waals surface area contributed by atoms with Crippen molar-refractivity contribution in [3.05, 3.63) is 24.6 Å². The Morgan fingerprint density at radius 3 is 1.25 bits per heavy atom. The zero-order valence-electron chi connectivity index (χ0n) is 8.57. The minimum absolute atomic E-state index is 1.41. The number of hydrogen-bond acceptors (Lipinski definition) is 0. The molecule has 0 saturated carbocycles. The monoisotopic (exact) mass is 194 g/mol. The van der Waals surface area contributed by atoms with E-state index in [9.17, 15) is 0 Å². The molecule has 0 aromatic heterocycles. The van der Waals surface area contributed by atoms with Crippen molar-refractivity contribution in [1.29, 1.82) is 0 Å². The van der Waals surface area contributed by atoms with Crippen LogP contribution < -0.4 is 0 Å². The molecule has 0 bridgehead atoms. The Bertz CT molecular complexity index is 214. The lowest BCUT2D eigenvalue weighted by Gasteiger charge is -2.10. The Hall–Kier alpha value is -0.526. The second-order valence-corrected chi connectivity index (χ2v) is 12.3. The molecule has 0 heterocycles. The van der Waals surface area contributed by atoms with Gasteiger partial charge in [-0.3, -0.25) is 0 Å². The maximum Gasteiger partial charge on any atom is 0.154 e. The van der Waals surface area contributed by atoms with Gasteiger partial charge in [0, 0.05) is 0 Å². The van der Waals surface area contributed by atoms with E-state index in [-0.39, 0.29) is 0 Å². The fourth-order valence-electron chi connectivity index (χ4n) is 0.424. The largest absolute Gasteiger partial charge is 0.154 e. The third-order valence-electron chi connectivity index (χ3n) is 1.73. The van der Waals surface area contributed by atoms with E-state index in [0.29, 0.717) is 0 Å². The van der Waals surface area contributed by atoms with Crippen molar-refractivity contribution in [1.82, 2.24) is 0 Å². The molecule has 0 fully saturated rings. The van der Waals surface area contributed by atoms with Crippen LogP contribution in [0, 0.1) is 11.1 Å². The SMILES string of the molecule is C=C[Si](C)(C)C#C[Si](C)(C)C=C. The van der Waals surface area contributed by atoms with Gasteiger partial charge in [-0.1, -0.05) is 37.6 Å². The molecule has 0 amide bonds. The van der Waals surface area contributed by atoms with Crippen LogP contribution in [0.15, 0.2) is 24.6 Å². The molecule has 66 valence electrons. The molecule has 0 aromatic carbocycles. The summed E-state index contributed by atoms with van der Waals surface area (Å²) in [5, 5.41) is 0. The smallest absolute Gasteiger partial charge is 0.133 e. The molecule has 0 N–H and O–H groups in total. The second-order valence-electron chi connectivity index (χ2n) is 4.10. The molecule has 0 unspecified atom stereocenters. The maximum absolute atomic E-state index is 3.81. The summed E-state index contributed by atoms with van der Waals surface area (Å²) in [7, 11) is -2.83. The van der Waals surface area contributed by atoms with Crippen LogP contribution in [0.5, 0.6) is 0 Å². The molecule has 0 radical (unpaired) electrons.